The van der Waals surface area contributed by atoms with Crippen LogP contribution in [0.4, 0.5) is 5.69 Å². The number of nitrogens with one attached hydrogen (secondary N) is 1. The van der Waals surface area contributed by atoms with Gasteiger partial charge in [-0.15, -0.1) is 0 Å². The smallest absolute Gasteiger partial charge is 0.242 e. The third-order valence-electron chi connectivity index (χ3n) is 2.93. The molecule has 0 saturated carbocycles. The number of nitrogens with zero attached hydrogens (tertiary/aromatic N) is 2. The van der Waals surface area contributed by atoms with Crippen molar-refractivity contribution in [1.29, 1.82) is 5.26 Å². The molecule has 1 atom stereocenters. The summed E-state index contributed by atoms with van der Waals surface area (Å²) in [6.07, 6.45) is 1.99. The van der Waals surface area contributed by atoms with Crippen molar-refractivity contribution in [1.82, 2.24) is 4.98 Å². The topological polar surface area (TPSA) is 65.8 Å². The molecule has 100 valence electrons. The van der Waals surface area contributed by atoms with E-state index < -0.39 is 5.92 Å². The zero-order chi connectivity index (χ0) is 14.4. The molecule has 0 bridgehead atoms. The van der Waals surface area contributed by atoms with Crippen molar-refractivity contribution in [3.8, 4) is 6.07 Å². The zero-order valence-corrected chi connectivity index (χ0v) is 11.2. The van der Waals surface area contributed by atoms with Gasteiger partial charge in [-0.05, 0) is 31.0 Å². The molecular formula is C16H15N3O. The van der Waals surface area contributed by atoms with Crippen molar-refractivity contribution in [2.75, 3.05) is 5.32 Å². The first kappa shape index (κ1) is 13.8. The highest BCUT2D eigenvalue weighted by atomic mass is 16.1. The second-order valence-electron chi connectivity index (χ2n) is 4.55. The summed E-state index contributed by atoms with van der Waals surface area (Å²) in [6, 6.07) is 15.1. The molecule has 0 aliphatic carbocycles. The molecular weight excluding hydrogens is 250 g/mol. The summed E-state index contributed by atoms with van der Waals surface area (Å²) < 4.78 is 0. The van der Waals surface area contributed by atoms with E-state index in [1.54, 1.807) is 12.3 Å². The van der Waals surface area contributed by atoms with E-state index in [0.29, 0.717) is 12.1 Å². The monoisotopic (exact) mass is 265 g/mol. The van der Waals surface area contributed by atoms with Crippen molar-refractivity contribution in [2.45, 2.75) is 13.3 Å². The number of aromatic nitrogens is 1. The summed E-state index contributed by atoms with van der Waals surface area (Å²) in [5.41, 5.74) is 2.45. The fraction of sp³-hybridized carbons (Fsp3) is 0.188. The Morgan fingerprint density at radius 2 is 2.05 bits per heavy atom. The average Bonchev–Trinajstić information content (AvgIpc) is 2.48. The molecule has 1 amide bonds. The van der Waals surface area contributed by atoms with Crippen LogP contribution >= 0.6 is 0 Å². The zero-order valence-electron chi connectivity index (χ0n) is 11.2. The first-order valence-electron chi connectivity index (χ1n) is 6.36. The van der Waals surface area contributed by atoms with Crippen molar-refractivity contribution < 1.29 is 4.79 Å². The van der Waals surface area contributed by atoms with Gasteiger partial charge in [-0.1, -0.05) is 30.3 Å². The number of rotatable bonds is 4. The van der Waals surface area contributed by atoms with Gasteiger partial charge in [0, 0.05) is 5.69 Å². The van der Waals surface area contributed by atoms with Crippen molar-refractivity contribution in [3.05, 3.63) is 59.9 Å². The maximum atomic E-state index is 12.1. The Balaban J connectivity index is 2.03. The minimum Gasteiger partial charge on any atom is -0.324 e. The SMILES string of the molecule is Cc1ccc(NC(=O)C(C#N)Cc2ccccc2)cn1. The lowest BCUT2D eigenvalue weighted by atomic mass is 10.00. The number of benzene rings is 1. The Hall–Kier alpha value is -2.67. The molecule has 0 aliphatic heterocycles. The first-order chi connectivity index (χ1) is 9.69. The first-order valence-corrected chi connectivity index (χ1v) is 6.36. The van der Waals surface area contributed by atoms with Gasteiger partial charge in [-0.25, -0.2) is 0 Å². The minimum absolute atomic E-state index is 0.304. The average molecular weight is 265 g/mol. The van der Waals surface area contributed by atoms with E-state index >= 15 is 0 Å². The van der Waals surface area contributed by atoms with E-state index in [2.05, 4.69) is 10.3 Å². The van der Waals surface area contributed by atoms with Gasteiger partial charge < -0.3 is 5.32 Å². The highest BCUT2D eigenvalue weighted by molar-refractivity contribution is 5.94. The molecule has 0 aliphatic rings. The van der Waals surface area contributed by atoms with Gasteiger partial charge in [-0.2, -0.15) is 5.26 Å². The van der Waals surface area contributed by atoms with Gasteiger partial charge >= 0.3 is 0 Å². The lowest BCUT2D eigenvalue weighted by molar-refractivity contribution is -0.118. The van der Waals surface area contributed by atoms with Crippen LogP contribution in [0, 0.1) is 24.2 Å². The molecule has 1 aromatic heterocycles. The molecule has 0 saturated heterocycles. The molecule has 4 nitrogen and oxygen atoms in total. The molecule has 0 spiro atoms. The van der Waals surface area contributed by atoms with Crippen LogP contribution in [0.15, 0.2) is 48.7 Å². The third kappa shape index (κ3) is 3.66. The largest absolute Gasteiger partial charge is 0.324 e. The predicted octanol–water partition coefficient (Wildman–Crippen LogP) is 2.71. The van der Waals surface area contributed by atoms with Crippen LogP contribution < -0.4 is 5.32 Å². The Morgan fingerprint density at radius 1 is 1.30 bits per heavy atom. The van der Waals surface area contributed by atoms with Crippen LogP contribution in [0.2, 0.25) is 0 Å². The van der Waals surface area contributed by atoms with Crippen LogP contribution in [0.1, 0.15) is 11.3 Å². The highest BCUT2D eigenvalue weighted by Gasteiger charge is 2.18. The minimum atomic E-state index is -0.710. The normalized spacial score (nSPS) is 11.4. The van der Waals surface area contributed by atoms with E-state index in [9.17, 15) is 4.79 Å². The summed E-state index contributed by atoms with van der Waals surface area (Å²) in [6.45, 7) is 1.87. The molecule has 1 aromatic carbocycles. The van der Waals surface area contributed by atoms with Gasteiger partial charge in [0.05, 0.1) is 18.0 Å². The summed E-state index contributed by atoms with van der Waals surface area (Å²) in [5, 5.41) is 11.9. The summed E-state index contributed by atoms with van der Waals surface area (Å²) in [4.78, 5) is 16.2. The third-order valence-corrected chi connectivity index (χ3v) is 2.93. The van der Waals surface area contributed by atoms with Gasteiger partial charge in [0.25, 0.3) is 0 Å². The molecule has 0 radical (unpaired) electrons. The number of carbonyl (C=O) groups is 1. The van der Waals surface area contributed by atoms with Crippen molar-refractivity contribution in [2.24, 2.45) is 5.92 Å². The van der Waals surface area contributed by atoms with Crippen LogP contribution in [-0.2, 0) is 11.2 Å². The second kappa shape index (κ2) is 6.48. The van der Waals surface area contributed by atoms with E-state index in [4.69, 9.17) is 5.26 Å². The quantitative estimate of drug-likeness (QED) is 0.924. The molecule has 20 heavy (non-hydrogen) atoms. The Kier molecular flexibility index (Phi) is 4.46. The fourth-order valence-electron chi connectivity index (χ4n) is 1.82. The maximum absolute atomic E-state index is 12.1. The standard InChI is InChI=1S/C16H15N3O/c1-12-7-8-15(11-18-12)19-16(20)14(10-17)9-13-5-3-2-4-6-13/h2-8,11,14H,9H2,1H3,(H,19,20). The van der Waals surface area contributed by atoms with Gasteiger partial charge in [-0.3, -0.25) is 9.78 Å². The number of hydrogen-bond acceptors (Lipinski definition) is 3. The van der Waals surface area contributed by atoms with Crippen LogP contribution in [-0.4, -0.2) is 10.9 Å². The highest BCUT2D eigenvalue weighted by Crippen LogP contribution is 2.12. The predicted molar refractivity (Wildman–Crippen MR) is 76.9 cm³/mol. The Labute approximate surface area is 118 Å². The lowest BCUT2D eigenvalue weighted by Gasteiger charge is -2.10. The van der Waals surface area contributed by atoms with Gasteiger partial charge in [0.1, 0.15) is 5.92 Å². The molecule has 2 rings (SSSR count). The van der Waals surface area contributed by atoms with E-state index in [-0.39, 0.29) is 5.91 Å². The van der Waals surface area contributed by atoms with Gasteiger partial charge in [0.2, 0.25) is 5.91 Å². The molecule has 0 fully saturated rings. The van der Waals surface area contributed by atoms with Crippen molar-refractivity contribution >= 4 is 11.6 Å². The van der Waals surface area contributed by atoms with Crippen LogP contribution in [0.5, 0.6) is 0 Å². The summed E-state index contributed by atoms with van der Waals surface area (Å²) in [7, 11) is 0. The fourth-order valence-corrected chi connectivity index (χ4v) is 1.82. The van der Waals surface area contributed by atoms with Crippen LogP contribution in [0.25, 0.3) is 0 Å². The molecule has 4 heteroatoms. The van der Waals surface area contributed by atoms with Crippen LogP contribution in [0.3, 0.4) is 0 Å². The number of carbonyl (C=O) groups excluding carboxylic acids is 1. The Morgan fingerprint density at radius 3 is 2.65 bits per heavy atom. The summed E-state index contributed by atoms with van der Waals surface area (Å²) >= 11 is 0. The number of hydrogen-bond donors (Lipinski definition) is 1. The molecule has 1 N–H and O–H groups in total. The van der Waals surface area contributed by atoms with E-state index in [1.165, 1.54) is 0 Å². The number of nitriles is 1. The number of amides is 1. The molecule has 1 unspecified atom stereocenters. The number of pyridine rings is 1. The van der Waals surface area contributed by atoms with Crippen molar-refractivity contribution in [3.63, 3.8) is 0 Å². The maximum Gasteiger partial charge on any atom is 0.242 e. The second-order valence-corrected chi connectivity index (χ2v) is 4.55. The molecule has 1 heterocycles. The number of aryl methyl sites for hydroxylation is 1. The number of anilines is 1. The van der Waals surface area contributed by atoms with Gasteiger partial charge in [0.15, 0.2) is 0 Å². The lowest BCUT2D eigenvalue weighted by Crippen LogP contribution is -2.23. The summed E-state index contributed by atoms with van der Waals surface area (Å²) in [5.74, 6) is -1.01. The Bertz CT molecular complexity index is 614. The van der Waals surface area contributed by atoms with E-state index in [0.717, 1.165) is 11.3 Å². The van der Waals surface area contributed by atoms with E-state index in [1.807, 2.05) is 49.4 Å². The molecule has 2 aromatic rings.